The lowest BCUT2D eigenvalue weighted by Crippen LogP contribution is -2.46. The van der Waals surface area contributed by atoms with Gasteiger partial charge in [0.15, 0.2) is 0 Å². The summed E-state index contributed by atoms with van der Waals surface area (Å²) < 4.78 is 6.02. The minimum atomic E-state index is 0.264. The highest BCUT2D eigenvalue weighted by Gasteiger charge is 2.22. The molecule has 0 aliphatic carbocycles. The highest BCUT2D eigenvalue weighted by molar-refractivity contribution is 6.31. The van der Waals surface area contributed by atoms with Crippen LogP contribution in [-0.4, -0.2) is 84.8 Å². The number of nitrogens with zero attached hydrogens (tertiary/aromatic N) is 5. The summed E-state index contributed by atoms with van der Waals surface area (Å²) >= 11 is 6.19. The minimum Gasteiger partial charge on any atom is -0.365 e. The van der Waals surface area contributed by atoms with E-state index in [4.69, 9.17) is 16.3 Å². The van der Waals surface area contributed by atoms with E-state index in [-0.39, 0.29) is 6.10 Å². The summed E-state index contributed by atoms with van der Waals surface area (Å²) in [6.07, 6.45) is 3.85. The topological polar surface area (TPSA) is 44.7 Å². The zero-order valence-corrected chi connectivity index (χ0v) is 18.4. The lowest BCUT2D eigenvalue weighted by atomic mass is 10.1. The fourth-order valence-electron chi connectivity index (χ4n) is 4.14. The van der Waals surface area contributed by atoms with Gasteiger partial charge in [0.05, 0.1) is 18.2 Å². The number of piperidine rings is 1. The van der Waals surface area contributed by atoms with Crippen LogP contribution in [0, 0.1) is 11.8 Å². The fraction of sp³-hybridized carbons (Fsp3) is 0.565. The van der Waals surface area contributed by atoms with E-state index >= 15 is 0 Å². The van der Waals surface area contributed by atoms with Crippen molar-refractivity contribution in [1.29, 1.82) is 0 Å². The van der Waals surface area contributed by atoms with E-state index in [2.05, 4.69) is 43.4 Å². The van der Waals surface area contributed by atoms with Gasteiger partial charge in [0, 0.05) is 49.7 Å². The highest BCUT2D eigenvalue weighted by atomic mass is 35.5. The molecule has 30 heavy (non-hydrogen) atoms. The van der Waals surface area contributed by atoms with Gasteiger partial charge in [-0.15, -0.1) is 0 Å². The Morgan fingerprint density at radius 2 is 1.80 bits per heavy atom. The predicted octanol–water partition coefficient (Wildman–Crippen LogP) is 2.91. The summed E-state index contributed by atoms with van der Waals surface area (Å²) in [5, 5.41) is 1.72. The maximum atomic E-state index is 6.19. The molecule has 0 bridgehead atoms. The number of benzene rings is 1. The van der Waals surface area contributed by atoms with Crippen molar-refractivity contribution >= 4 is 28.3 Å². The molecule has 7 heteroatoms. The number of hydrogen-bond acceptors (Lipinski definition) is 6. The first-order valence-corrected chi connectivity index (χ1v) is 11.3. The van der Waals surface area contributed by atoms with Crippen molar-refractivity contribution < 1.29 is 4.74 Å². The van der Waals surface area contributed by atoms with Crippen LogP contribution in [0.4, 0.5) is 5.82 Å². The average molecular weight is 428 g/mol. The first-order valence-electron chi connectivity index (χ1n) is 10.9. The van der Waals surface area contributed by atoms with Gasteiger partial charge in [-0.05, 0) is 37.6 Å². The van der Waals surface area contributed by atoms with E-state index in [9.17, 15) is 0 Å². The van der Waals surface area contributed by atoms with E-state index in [1.54, 1.807) is 6.33 Å². The number of aromatic nitrogens is 2. The second-order valence-electron chi connectivity index (χ2n) is 7.92. The second-order valence-corrected chi connectivity index (χ2v) is 8.36. The molecule has 2 aliphatic rings. The molecule has 2 fully saturated rings. The molecule has 0 amide bonds. The molecule has 2 aromatic rings. The smallest absolute Gasteiger partial charge is 0.139 e. The Bertz CT molecular complexity index is 895. The number of ether oxygens (including phenoxy) is 1. The maximum Gasteiger partial charge on any atom is 0.139 e. The molecule has 0 saturated carbocycles. The molecule has 0 unspecified atom stereocenters. The summed E-state index contributed by atoms with van der Waals surface area (Å²) in [5.74, 6) is 7.44. The number of fused-ring (bicyclic) bond motifs is 1. The average Bonchev–Trinajstić information content (AvgIpc) is 2.79. The molecule has 0 atom stereocenters. The van der Waals surface area contributed by atoms with Gasteiger partial charge >= 0.3 is 0 Å². The summed E-state index contributed by atoms with van der Waals surface area (Å²) in [6, 6.07) is 5.76. The molecule has 6 nitrogen and oxygen atoms in total. The summed E-state index contributed by atoms with van der Waals surface area (Å²) in [5.41, 5.74) is 0.925. The Kier molecular flexibility index (Phi) is 7.40. The van der Waals surface area contributed by atoms with Gasteiger partial charge < -0.3 is 14.5 Å². The van der Waals surface area contributed by atoms with Crippen molar-refractivity contribution in [2.75, 3.05) is 63.9 Å². The van der Waals surface area contributed by atoms with Crippen LogP contribution >= 0.6 is 11.6 Å². The Morgan fingerprint density at radius 3 is 2.57 bits per heavy atom. The standard InChI is InChI=1S/C23H30ClN5O/c1-2-27-12-14-28(15-13-27)9-3-4-16-30-20-7-10-29(11-8-20)23-21-17-19(24)5-6-22(21)25-18-26-23/h5-6,17-18,20H,2,7-16H2,1H3. The van der Waals surface area contributed by atoms with Crippen LogP contribution in [-0.2, 0) is 4.74 Å². The van der Waals surface area contributed by atoms with E-state index in [1.807, 2.05) is 18.2 Å². The Hall–Kier alpha value is -1.91. The van der Waals surface area contributed by atoms with Crippen LogP contribution in [0.2, 0.25) is 5.02 Å². The number of anilines is 1. The van der Waals surface area contributed by atoms with Crippen LogP contribution in [0.15, 0.2) is 24.5 Å². The second kappa shape index (κ2) is 10.4. The van der Waals surface area contributed by atoms with Gasteiger partial charge in [0.25, 0.3) is 0 Å². The van der Waals surface area contributed by atoms with Crippen molar-refractivity contribution in [3.8, 4) is 11.8 Å². The van der Waals surface area contributed by atoms with Crippen LogP contribution < -0.4 is 4.90 Å². The molecular formula is C23H30ClN5O. The summed E-state index contributed by atoms with van der Waals surface area (Å²) in [4.78, 5) is 16.1. The Morgan fingerprint density at radius 1 is 1.03 bits per heavy atom. The molecule has 4 rings (SSSR count). The Balaban J connectivity index is 1.21. The SMILES string of the molecule is CCN1CCN(CC#CCOC2CCN(c3ncnc4ccc(Cl)cc34)CC2)CC1. The van der Waals surface area contributed by atoms with Crippen molar-refractivity contribution in [3.63, 3.8) is 0 Å². The van der Waals surface area contributed by atoms with Crippen LogP contribution in [0.1, 0.15) is 19.8 Å². The van der Waals surface area contributed by atoms with Crippen LogP contribution in [0.5, 0.6) is 0 Å². The molecule has 1 aromatic carbocycles. The fourth-order valence-corrected chi connectivity index (χ4v) is 4.32. The van der Waals surface area contributed by atoms with Crippen LogP contribution in [0.3, 0.4) is 0 Å². The van der Waals surface area contributed by atoms with Gasteiger partial charge in [-0.3, -0.25) is 4.90 Å². The molecule has 160 valence electrons. The third-order valence-corrected chi connectivity index (χ3v) is 6.28. The van der Waals surface area contributed by atoms with Gasteiger partial charge in [-0.25, -0.2) is 9.97 Å². The minimum absolute atomic E-state index is 0.264. The summed E-state index contributed by atoms with van der Waals surface area (Å²) in [7, 11) is 0. The zero-order chi connectivity index (χ0) is 20.8. The Labute approximate surface area is 184 Å². The number of piperazine rings is 1. The number of hydrogen-bond donors (Lipinski definition) is 0. The van der Waals surface area contributed by atoms with Gasteiger partial charge in [-0.2, -0.15) is 0 Å². The monoisotopic (exact) mass is 427 g/mol. The third kappa shape index (κ3) is 5.41. The van der Waals surface area contributed by atoms with Crippen molar-refractivity contribution in [2.24, 2.45) is 0 Å². The molecule has 2 saturated heterocycles. The third-order valence-electron chi connectivity index (χ3n) is 6.05. The zero-order valence-electron chi connectivity index (χ0n) is 17.7. The maximum absolute atomic E-state index is 6.19. The molecule has 0 spiro atoms. The van der Waals surface area contributed by atoms with E-state index in [0.29, 0.717) is 11.6 Å². The molecule has 0 radical (unpaired) electrons. The van der Waals surface area contributed by atoms with Crippen molar-refractivity contribution in [2.45, 2.75) is 25.9 Å². The largest absolute Gasteiger partial charge is 0.365 e. The first-order chi connectivity index (χ1) is 14.7. The molecule has 0 N–H and O–H groups in total. The normalized spacial score (nSPS) is 19.1. The first kappa shape index (κ1) is 21.3. The lowest BCUT2D eigenvalue weighted by Gasteiger charge is -2.33. The highest BCUT2D eigenvalue weighted by Crippen LogP contribution is 2.28. The van der Waals surface area contributed by atoms with Gasteiger partial charge in [0.1, 0.15) is 18.8 Å². The van der Waals surface area contributed by atoms with E-state index in [1.165, 1.54) is 0 Å². The number of rotatable bonds is 5. The van der Waals surface area contributed by atoms with E-state index in [0.717, 1.165) is 81.9 Å². The quantitative estimate of drug-likeness (QED) is 0.684. The number of halogens is 1. The molecule has 1 aromatic heterocycles. The van der Waals surface area contributed by atoms with Crippen LogP contribution in [0.25, 0.3) is 10.9 Å². The predicted molar refractivity (Wildman–Crippen MR) is 122 cm³/mol. The van der Waals surface area contributed by atoms with E-state index < -0.39 is 0 Å². The van der Waals surface area contributed by atoms with Gasteiger partial charge in [0.2, 0.25) is 0 Å². The number of likely N-dealkylation sites (N-methyl/N-ethyl adjacent to an activating group) is 1. The lowest BCUT2D eigenvalue weighted by molar-refractivity contribution is 0.0593. The molecule has 2 aliphatic heterocycles. The van der Waals surface area contributed by atoms with Crippen molar-refractivity contribution in [1.82, 2.24) is 19.8 Å². The van der Waals surface area contributed by atoms with Gasteiger partial charge in [-0.1, -0.05) is 30.4 Å². The molecule has 3 heterocycles. The molecular weight excluding hydrogens is 398 g/mol. The van der Waals surface area contributed by atoms with Crippen molar-refractivity contribution in [3.05, 3.63) is 29.5 Å². The summed E-state index contributed by atoms with van der Waals surface area (Å²) in [6.45, 7) is 11.1.